The van der Waals surface area contributed by atoms with Crippen LogP contribution in [-0.2, 0) is 4.79 Å². The van der Waals surface area contributed by atoms with Gasteiger partial charge in [0.2, 0.25) is 5.91 Å². The maximum absolute atomic E-state index is 13.4. The van der Waals surface area contributed by atoms with Crippen LogP contribution >= 0.6 is 22.9 Å². The SMILES string of the molecule is Cc1ccc(NC(=O)[C@@H]2c3ccccc3C(=O)N(C)[C@H]2c2cccs2)c(Cl)c1. The zero-order valence-electron chi connectivity index (χ0n) is 15.5. The lowest BCUT2D eigenvalue weighted by Crippen LogP contribution is -2.43. The lowest BCUT2D eigenvalue weighted by Gasteiger charge is -2.39. The number of hydrogen-bond acceptors (Lipinski definition) is 3. The van der Waals surface area contributed by atoms with Gasteiger partial charge in [0.25, 0.3) is 5.91 Å². The summed E-state index contributed by atoms with van der Waals surface area (Å²) in [6, 6.07) is 16.4. The quantitative estimate of drug-likeness (QED) is 0.640. The molecule has 2 amide bonds. The molecule has 0 bridgehead atoms. The molecule has 0 unspecified atom stereocenters. The number of nitrogens with one attached hydrogen (secondary N) is 1. The second kappa shape index (κ2) is 7.41. The van der Waals surface area contributed by atoms with Gasteiger partial charge in [0.05, 0.1) is 22.7 Å². The van der Waals surface area contributed by atoms with Crippen LogP contribution in [0.1, 0.15) is 38.3 Å². The zero-order chi connectivity index (χ0) is 19.8. The van der Waals surface area contributed by atoms with Gasteiger partial charge in [-0.2, -0.15) is 0 Å². The molecule has 0 spiro atoms. The summed E-state index contributed by atoms with van der Waals surface area (Å²) in [5, 5.41) is 5.42. The van der Waals surface area contributed by atoms with E-state index in [1.807, 2.05) is 54.8 Å². The number of aryl methyl sites for hydroxylation is 1. The molecule has 1 aromatic heterocycles. The van der Waals surface area contributed by atoms with Crippen molar-refractivity contribution in [2.75, 3.05) is 12.4 Å². The number of hydrogen-bond donors (Lipinski definition) is 1. The number of halogens is 1. The highest BCUT2D eigenvalue weighted by Gasteiger charge is 2.43. The first-order chi connectivity index (χ1) is 13.5. The van der Waals surface area contributed by atoms with E-state index in [0.29, 0.717) is 16.3 Å². The average molecular weight is 411 g/mol. The third kappa shape index (κ3) is 3.21. The smallest absolute Gasteiger partial charge is 0.254 e. The van der Waals surface area contributed by atoms with Crippen molar-refractivity contribution in [2.45, 2.75) is 18.9 Å². The fraction of sp³-hybridized carbons (Fsp3) is 0.182. The van der Waals surface area contributed by atoms with Crippen molar-refractivity contribution in [1.82, 2.24) is 4.90 Å². The number of rotatable bonds is 3. The summed E-state index contributed by atoms with van der Waals surface area (Å²) < 4.78 is 0. The van der Waals surface area contributed by atoms with Crippen LogP contribution in [-0.4, -0.2) is 23.8 Å². The van der Waals surface area contributed by atoms with Crippen molar-refractivity contribution in [1.29, 1.82) is 0 Å². The molecule has 6 heteroatoms. The molecule has 0 fully saturated rings. The van der Waals surface area contributed by atoms with Crippen LogP contribution < -0.4 is 5.32 Å². The molecular weight excluding hydrogens is 392 g/mol. The number of carbonyl (C=O) groups excluding carboxylic acids is 2. The van der Waals surface area contributed by atoms with Crippen LogP contribution in [0, 0.1) is 6.92 Å². The lowest BCUT2D eigenvalue weighted by atomic mass is 9.81. The number of nitrogens with zero attached hydrogens (tertiary/aromatic N) is 1. The highest BCUT2D eigenvalue weighted by Crippen LogP contribution is 2.44. The highest BCUT2D eigenvalue weighted by atomic mass is 35.5. The Morgan fingerprint density at radius 1 is 1.14 bits per heavy atom. The molecule has 2 aromatic carbocycles. The van der Waals surface area contributed by atoms with Gasteiger partial charge in [-0.3, -0.25) is 9.59 Å². The third-order valence-electron chi connectivity index (χ3n) is 5.08. The van der Waals surface area contributed by atoms with E-state index in [9.17, 15) is 9.59 Å². The van der Waals surface area contributed by atoms with E-state index in [1.54, 1.807) is 35.4 Å². The minimum Gasteiger partial charge on any atom is -0.333 e. The van der Waals surface area contributed by atoms with Crippen LogP contribution in [0.15, 0.2) is 60.0 Å². The van der Waals surface area contributed by atoms with Gasteiger partial charge in [-0.1, -0.05) is 41.9 Å². The molecule has 1 aliphatic heterocycles. The molecule has 0 radical (unpaired) electrons. The summed E-state index contributed by atoms with van der Waals surface area (Å²) in [6.45, 7) is 1.95. The van der Waals surface area contributed by atoms with E-state index in [0.717, 1.165) is 16.0 Å². The molecular formula is C22H19ClN2O2S. The molecule has 28 heavy (non-hydrogen) atoms. The van der Waals surface area contributed by atoms with Crippen molar-refractivity contribution in [2.24, 2.45) is 0 Å². The van der Waals surface area contributed by atoms with Crippen molar-refractivity contribution >= 4 is 40.4 Å². The van der Waals surface area contributed by atoms with E-state index in [-0.39, 0.29) is 17.9 Å². The zero-order valence-corrected chi connectivity index (χ0v) is 17.1. The minimum absolute atomic E-state index is 0.0774. The van der Waals surface area contributed by atoms with Crippen molar-refractivity contribution in [3.05, 3.63) is 86.6 Å². The number of benzene rings is 2. The summed E-state index contributed by atoms with van der Waals surface area (Å²) >= 11 is 7.87. The summed E-state index contributed by atoms with van der Waals surface area (Å²) in [6.07, 6.45) is 0. The minimum atomic E-state index is -0.532. The Bertz CT molecular complexity index is 1050. The van der Waals surface area contributed by atoms with Gasteiger partial charge in [-0.05, 0) is 47.7 Å². The summed E-state index contributed by atoms with van der Waals surface area (Å²) in [4.78, 5) is 29.0. The molecule has 1 aliphatic rings. The molecule has 3 aromatic rings. The summed E-state index contributed by atoms with van der Waals surface area (Å²) in [7, 11) is 1.75. The first kappa shape index (κ1) is 18.7. The number of anilines is 1. The van der Waals surface area contributed by atoms with Crippen LogP contribution in [0.25, 0.3) is 0 Å². The monoisotopic (exact) mass is 410 g/mol. The average Bonchev–Trinajstić information content (AvgIpc) is 3.21. The molecule has 2 atom stereocenters. The second-order valence-electron chi connectivity index (χ2n) is 6.91. The Morgan fingerprint density at radius 2 is 1.93 bits per heavy atom. The Morgan fingerprint density at radius 3 is 2.64 bits per heavy atom. The lowest BCUT2D eigenvalue weighted by molar-refractivity contribution is -0.119. The van der Waals surface area contributed by atoms with Crippen molar-refractivity contribution in [3.63, 3.8) is 0 Å². The largest absolute Gasteiger partial charge is 0.333 e. The van der Waals surface area contributed by atoms with E-state index in [4.69, 9.17) is 11.6 Å². The normalized spacial score (nSPS) is 18.7. The molecule has 0 saturated carbocycles. The van der Waals surface area contributed by atoms with E-state index < -0.39 is 5.92 Å². The Balaban J connectivity index is 1.79. The first-order valence-corrected chi connectivity index (χ1v) is 10.2. The van der Waals surface area contributed by atoms with Crippen molar-refractivity contribution in [3.8, 4) is 0 Å². The van der Waals surface area contributed by atoms with E-state index >= 15 is 0 Å². The highest BCUT2D eigenvalue weighted by molar-refractivity contribution is 7.10. The topological polar surface area (TPSA) is 49.4 Å². The van der Waals surface area contributed by atoms with Gasteiger partial charge in [0.15, 0.2) is 0 Å². The van der Waals surface area contributed by atoms with Gasteiger partial charge in [0, 0.05) is 17.5 Å². The van der Waals surface area contributed by atoms with Gasteiger partial charge < -0.3 is 10.2 Å². The summed E-state index contributed by atoms with van der Waals surface area (Å²) in [5.74, 6) is -0.794. The molecule has 4 nitrogen and oxygen atoms in total. The van der Waals surface area contributed by atoms with Crippen LogP contribution in [0.3, 0.4) is 0 Å². The molecule has 4 rings (SSSR count). The van der Waals surface area contributed by atoms with Gasteiger partial charge in [-0.15, -0.1) is 11.3 Å². The fourth-order valence-electron chi connectivity index (χ4n) is 3.70. The number of carbonyl (C=O) groups is 2. The Hall–Kier alpha value is -2.63. The molecule has 0 saturated heterocycles. The molecule has 1 N–H and O–H groups in total. The second-order valence-corrected chi connectivity index (χ2v) is 8.30. The maximum Gasteiger partial charge on any atom is 0.254 e. The molecule has 0 aliphatic carbocycles. The summed E-state index contributed by atoms with van der Waals surface area (Å²) in [5.41, 5.74) is 2.89. The van der Waals surface area contributed by atoms with Gasteiger partial charge >= 0.3 is 0 Å². The van der Waals surface area contributed by atoms with Crippen LogP contribution in [0.5, 0.6) is 0 Å². The Labute approximate surface area is 172 Å². The number of likely N-dealkylation sites (N-methyl/N-ethyl adjacent to an activating group) is 1. The predicted octanol–water partition coefficient (Wildman–Crippen LogP) is 5.26. The van der Waals surface area contributed by atoms with Crippen molar-refractivity contribution < 1.29 is 9.59 Å². The third-order valence-corrected chi connectivity index (χ3v) is 6.33. The van der Waals surface area contributed by atoms with E-state index in [2.05, 4.69) is 5.32 Å². The molecule has 2 heterocycles. The van der Waals surface area contributed by atoms with E-state index in [1.165, 1.54) is 0 Å². The number of thiophene rings is 1. The predicted molar refractivity (Wildman–Crippen MR) is 113 cm³/mol. The maximum atomic E-state index is 13.4. The van der Waals surface area contributed by atoms with Gasteiger partial charge in [-0.25, -0.2) is 0 Å². The number of amides is 2. The van der Waals surface area contributed by atoms with Gasteiger partial charge in [0.1, 0.15) is 0 Å². The fourth-order valence-corrected chi connectivity index (χ4v) is 4.89. The van der Waals surface area contributed by atoms with Crippen LogP contribution in [0.2, 0.25) is 5.02 Å². The number of fused-ring (bicyclic) bond motifs is 1. The standard InChI is InChI=1S/C22H19ClN2O2S/c1-13-9-10-17(16(23)12-13)24-21(26)19-14-6-3-4-7-15(14)22(27)25(2)20(19)18-8-5-11-28-18/h3-12,19-20H,1-2H3,(H,24,26)/t19-,20+/m1/s1. The Kier molecular flexibility index (Phi) is 4.96. The molecule has 142 valence electrons. The first-order valence-electron chi connectivity index (χ1n) is 8.94. The van der Waals surface area contributed by atoms with Crippen LogP contribution in [0.4, 0.5) is 5.69 Å².